The highest BCUT2D eigenvalue weighted by atomic mass is 35.5. The molecule has 1 fully saturated rings. The minimum Gasteiger partial charge on any atom is -0.344 e. The van der Waals surface area contributed by atoms with Crippen LogP contribution >= 0.6 is 22.9 Å². The first-order valence-electron chi connectivity index (χ1n) is 12.5. The van der Waals surface area contributed by atoms with Crippen LogP contribution in [0.4, 0.5) is 13.2 Å². The second kappa shape index (κ2) is 10.9. The third kappa shape index (κ3) is 5.16. The Kier molecular flexibility index (Phi) is 7.18. The number of carbonyl (C=O) groups excluding carboxylic acids is 2. The van der Waals surface area contributed by atoms with Crippen molar-refractivity contribution in [1.82, 2.24) is 25.0 Å². The predicted octanol–water partition coefficient (Wildman–Crippen LogP) is 5.51. The van der Waals surface area contributed by atoms with Crippen LogP contribution in [0, 0.1) is 5.82 Å². The fourth-order valence-corrected chi connectivity index (χ4v) is 5.93. The van der Waals surface area contributed by atoms with Crippen molar-refractivity contribution >= 4 is 46.0 Å². The first kappa shape index (κ1) is 26.9. The Hall–Kier alpha value is -4.29. The number of thiazole rings is 1. The summed E-state index contributed by atoms with van der Waals surface area (Å²) in [5.74, 6) is -1.51. The molecular weight excluding hydrogens is 577 g/mol. The summed E-state index contributed by atoms with van der Waals surface area (Å²) in [6.07, 6.45) is 3.03. The van der Waals surface area contributed by atoms with E-state index in [2.05, 4.69) is 15.4 Å². The molecule has 6 rings (SSSR count). The molecule has 13 heteroatoms. The Morgan fingerprint density at radius 3 is 2.61 bits per heavy atom. The molecule has 0 radical (unpaired) electrons. The molecule has 2 atom stereocenters. The van der Waals surface area contributed by atoms with Crippen molar-refractivity contribution in [2.45, 2.75) is 25.1 Å². The number of Topliss-reactive ketones (excluding diaryl/α,β-unsaturated/α-hetero) is 1. The van der Waals surface area contributed by atoms with Crippen molar-refractivity contribution < 1.29 is 22.8 Å². The molecule has 8 nitrogen and oxygen atoms in total. The number of nitrogens with zero attached hydrogens (tertiary/aromatic N) is 5. The first-order chi connectivity index (χ1) is 19.8. The van der Waals surface area contributed by atoms with Gasteiger partial charge in [0, 0.05) is 58.2 Å². The number of fused-ring (bicyclic) bond motifs is 1. The van der Waals surface area contributed by atoms with Gasteiger partial charge < -0.3 is 10.2 Å². The maximum Gasteiger partial charge on any atom is 0.333 e. The van der Waals surface area contributed by atoms with Gasteiger partial charge in [0.05, 0.1) is 11.7 Å². The largest absolute Gasteiger partial charge is 0.344 e. The van der Waals surface area contributed by atoms with E-state index in [-0.39, 0.29) is 29.2 Å². The summed E-state index contributed by atoms with van der Waals surface area (Å²) in [5.41, 5.74) is 2.05. The highest BCUT2D eigenvalue weighted by molar-refractivity contribution is 7.11. The molecule has 2 aromatic carbocycles. The van der Waals surface area contributed by atoms with Crippen LogP contribution in [0.1, 0.15) is 45.6 Å². The number of amidine groups is 1. The van der Waals surface area contributed by atoms with E-state index >= 15 is 0 Å². The molecular formula is C28H20ClF3N6O2S. The Morgan fingerprint density at radius 1 is 1.12 bits per heavy atom. The Labute approximate surface area is 240 Å². The Morgan fingerprint density at radius 2 is 1.93 bits per heavy atom. The van der Waals surface area contributed by atoms with Gasteiger partial charge in [-0.05, 0) is 18.2 Å². The van der Waals surface area contributed by atoms with Crippen LogP contribution in [0.25, 0.3) is 5.57 Å². The lowest BCUT2D eigenvalue weighted by Crippen LogP contribution is -2.42. The Bertz CT molecular complexity index is 1690. The molecule has 1 amide bonds. The molecule has 0 unspecified atom stereocenters. The second-order valence-corrected chi connectivity index (χ2v) is 10.7. The minimum atomic E-state index is -2.86. The average molecular weight is 597 g/mol. The number of amides is 1. The van der Waals surface area contributed by atoms with E-state index in [1.165, 1.54) is 29.5 Å². The second-order valence-electron chi connectivity index (χ2n) is 9.36. The lowest BCUT2D eigenvalue weighted by Gasteiger charge is -2.32. The molecule has 41 heavy (non-hydrogen) atoms. The molecule has 208 valence electrons. The lowest BCUT2D eigenvalue weighted by atomic mass is 9.92. The quantitative estimate of drug-likeness (QED) is 0.224. The summed E-state index contributed by atoms with van der Waals surface area (Å²) in [7, 11) is 0. The number of ketones is 1. The van der Waals surface area contributed by atoms with Crippen LogP contribution in [0.15, 0.2) is 83.1 Å². The number of benzene rings is 2. The lowest BCUT2D eigenvalue weighted by molar-refractivity contribution is -0.117. The number of nitrogens with one attached hydrogen (secondary N) is 1. The summed E-state index contributed by atoms with van der Waals surface area (Å²) in [6.45, 7) is -2.62. The highest BCUT2D eigenvalue weighted by Gasteiger charge is 2.41. The highest BCUT2D eigenvalue weighted by Crippen LogP contribution is 2.46. The van der Waals surface area contributed by atoms with Gasteiger partial charge in [0.25, 0.3) is 5.91 Å². The monoisotopic (exact) mass is 596 g/mol. The van der Waals surface area contributed by atoms with Gasteiger partial charge in [-0.2, -0.15) is 13.9 Å². The van der Waals surface area contributed by atoms with Crippen molar-refractivity contribution in [3.05, 3.63) is 111 Å². The Balaban J connectivity index is 1.44. The first-order valence-corrected chi connectivity index (χ1v) is 13.7. The zero-order valence-electron chi connectivity index (χ0n) is 21.0. The van der Waals surface area contributed by atoms with Crippen LogP contribution in [0.5, 0.6) is 0 Å². The molecule has 0 aliphatic carbocycles. The zero-order chi connectivity index (χ0) is 28.7. The number of carbonyl (C=O) groups is 2. The van der Waals surface area contributed by atoms with Crippen LogP contribution in [-0.2, 0) is 4.79 Å². The van der Waals surface area contributed by atoms with Crippen molar-refractivity contribution in [1.29, 1.82) is 0 Å². The van der Waals surface area contributed by atoms with E-state index in [4.69, 9.17) is 16.6 Å². The van der Waals surface area contributed by atoms with Crippen molar-refractivity contribution in [3.63, 3.8) is 0 Å². The van der Waals surface area contributed by atoms with Gasteiger partial charge in [-0.15, -0.1) is 11.3 Å². The number of aliphatic imine (C=N–C) groups is 1. The smallest absolute Gasteiger partial charge is 0.333 e. The van der Waals surface area contributed by atoms with Gasteiger partial charge in [0.2, 0.25) is 5.78 Å². The molecule has 0 bridgehead atoms. The van der Waals surface area contributed by atoms with Gasteiger partial charge in [-0.1, -0.05) is 48.0 Å². The van der Waals surface area contributed by atoms with E-state index in [0.717, 1.165) is 12.3 Å². The van der Waals surface area contributed by atoms with E-state index in [1.54, 1.807) is 41.9 Å². The molecule has 2 aromatic heterocycles. The molecule has 4 aromatic rings. The maximum atomic E-state index is 14.0. The topological polar surface area (TPSA) is 92.5 Å². The summed E-state index contributed by atoms with van der Waals surface area (Å²) in [4.78, 5) is 36.9. The van der Waals surface area contributed by atoms with Crippen LogP contribution in [0.2, 0.25) is 5.02 Å². The number of alkyl halides is 2. The van der Waals surface area contributed by atoms with Crippen LogP contribution in [-0.4, -0.2) is 49.8 Å². The summed E-state index contributed by atoms with van der Waals surface area (Å²) < 4.78 is 41.5. The van der Waals surface area contributed by atoms with Gasteiger partial charge in [-0.25, -0.2) is 14.1 Å². The number of rotatable bonds is 7. The third-order valence-corrected chi connectivity index (χ3v) is 7.90. The maximum absolute atomic E-state index is 14.0. The molecule has 2 aliphatic heterocycles. The van der Waals surface area contributed by atoms with Gasteiger partial charge in [-0.3, -0.25) is 14.6 Å². The predicted molar refractivity (Wildman–Crippen MR) is 147 cm³/mol. The van der Waals surface area contributed by atoms with Gasteiger partial charge in [0.15, 0.2) is 10.8 Å². The normalized spacial score (nSPS) is 18.5. The van der Waals surface area contributed by atoms with E-state index in [1.807, 2.05) is 4.90 Å². The van der Waals surface area contributed by atoms with Crippen molar-refractivity contribution in [2.75, 3.05) is 6.54 Å². The summed E-state index contributed by atoms with van der Waals surface area (Å²) in [5, 5.41) is 9.38. The molecule has 0 saturated carbocycles. The van der Waals surface area contributed by atoms with Gasteiger partial charge >= 0.3 is 6.55 Å². The molecule has 4 heterocycles. The fourth-order valence-electron chi connectivity index (χ4n) is 5.02. The minimum absolute atomic E-state index is 0.105. The molecule has 2 aliphatic rings. The summed E-state index contributed by atoms with van der Waals surface area (Å²) in [6, 6.07) is 12.2. The van der Waals surface area contributed by atoms with Crippen molar-refractivity contribution in [3.8, 4) is 0 Å². The standard InChI is InChI=1S/C28H20ClF3N6O2S/c29-19-12-16(30)6-7-18(19)23-22(20-8-10-38(36-20)28(31)32)21-13-17(14-37(21)25(35-23)27-33-9-11-41-27)34-26(40)24(39)15-4-2-1-3-5-15/h1-12,17,23,28H,13-14H2,(H,34,40)/t17-,23-/m0/s1. The van der Waals surface area contributed by atoms with Crippen molar-refractivity contribution in [2.24, 2.45) is 4.99 Å². The van der Waals surface area contributed by atoms with E-state index < -0.39 is 36.1 Å². The SMILES string of the molecule is O=C(N[C@H]1CC2=C(c3ccn(C(F)F)n3)[C@H](c3ccc(F)cc3Cl)N=C(c3nccs3)N2C1)C(=O)c1ccccc1. The number of halogens is 4. The molecule has 0 spiro atoms. The number of aromatic nitrogens is 3. The summed E-state index contributed by atoms with van der Waals surface area (Å²) >= 11 is 7.82. The average Bonchev–Trinajstić information content (AvgIpc) is 3.74. The number of hydrogen-bond acceptors (Lipinski definition) is 7. The van der Waals surface area contributed by atoms with Crippen LogP contribution in [0.3, 0.4) is 0 Å². The van der Waals surface area contributed by atoms with Gasteiger partial charge in [0.1, 0.15) is 11.9 Å². The zero-order valence-corrected chi connectivity index (χ0v) is 22.6. The van der Waals surface area contributed by atoms with Crippen LogP contribution < -0.4 is 5.32 Å². The molecule has 1 N–H and O–H groups in total. The van der Waals surface area contributed by atoms with E-state index in [0.29, 0.717) is 32.4 Å². The fraction of sp³-hybridized carbons (Fsp3) is 0.179. The van der Waals surface area contributed by atoms with E-state index in [9.17, 15) is 22.8 Å². The molecule has 1 saturated heterocycles. The third-order valence-electron chi connectivity index (χ3n) is 6.80. The number of hydrogen-bond donors (Lipinski definition) is 1.